The maximum Gasteiger partial charge on any atom is 0.221 e. The van der Waals surface area contributed by atoms with Crippen LogP contribution in [-0.2, 0) is 19.0 Å². The predicted molar refractivity (Wildman–Crippen MR) is 89.5 cm³/mol. The van der Waals surface area contributed by atoms with Crippen molar-refractivity contribution in [2.24, 2.45) is 0 Å². The summed E-state index contributed by atoms with van der Waals surface area (Å²) in [5, 5.41) is 69.5. The van der Waals surface area contributed by atoms with E-state index in [0.717, 1.165) is 0 Å². The molecule has 12 nitrogen and oxygen atoms in total. The molecule has 0 bridgehead atoms. The second-order valence-electron chi connectivity index (χ2n) is 6.83. The van der Waals surface area contributed by atoms with Gasteiger partial charge in [-0.15, -0.1) is 0 Å². The first-order chi connectivity index (χ1) is 13.2. The van der Waals surface area contributed by atoms with Crippen molar-refractivity contribution < 1.29 is 54.8 Å². The molecule has 0 radical (unpaired) electrons. The molecule has 2 saturated heterocycles. The minimum absolute atomic E-state index is 0.181. The van der Waals surface area contributed by atoms with Gasteiger partial charge in [-0.25, -0.2) is 0 Å². The van der Waals surface area contributed by atoms with Gasteiger partial charge in [0.1, 0.15) is 48.8 Å². The number of hydrogen-bond donors (Lipinski definition) is 7. The molecule has 1 amide bonds. The van der Waals surface area contributed by atoms with Crippen LogP contribution in [0.25, 0.3) is 0 Å². The Morgan fingerprint density at radius 2 is 1.50 bits per heavy atom. The van der Waals surface area contributed by atoms with E-state index in [1.807, 2.05) is 0 Å². The lowest BCUT2D eigenvalue weighted by molar-refractivity contribution is -0.347. The fourth-order valence-electron chi connectivity index (χ4n) is 3.41. The molecule has 10 unspecified atom stereocenters. The topological polar surface area (TPSA) is 190 Å². The Morgan fingerprint density at radius 1 is 0.893 bits per heavy atom. The van der Waals surface area contributed by atoms with Crippen molar-refractivity contribution in [3.05, 3.63) is 0 Å². The van der Waals surface area contributed by atoms with Crippen LogP contribution in [0, 0.1) is 0 Å². The number of likely N-dealkylation sites (N-methyl/N-ethyl adjacent to an activating group) is 1. The minimum Gasteiger partial charge on any atom is -0.394 e. The Kier molecular flexibility index (Phi) is 8.10. The number of rotatable bonds is 6. The van der Waals surface area contributed by atoms with E-state index in [1.54, 1.807) is 6.92 Å². The number of aliphatic hydroxyl groups is 7. The van der Waals surface area contributed by atoms with Gasteiger partial charge < -0.3 is 54.9 Å². The van der Waals surface area contributed by atoms with Crippen molar-refractivity contribution >= 4 is 5.91 Å². The summed E-state index contributed by atoms with van der Waals surface area (Å²) in [5.41, 5.74) is 0. The standard InChI is InChI=1S/C16H29NO11/c1-3-17(6(2)20)15-12(24)11(23)14(8(5-19)26-15)28-16-13(25)10(22)9(21)7(4-18)27-16/h7-16,18-19,21-25H,3-5H2,1-2H3. The van der Waals surface area contributed by atoms with E-state index < -0.39 is 80.5 Å². The van der Waals surface area contributed by atoms with Gasteiger partial charge in [0.05, 0.1) is 13.2 Å². The van der Waals surface area contributed by atoms with Crippen molar-refractivity contribution in [2.45, 2.75) is 75.2 Å². The van der Waals surface area contributed by atoms with E-state index in [2.05, 4.69) is 0 Å². The van der Waals surface area contributed by atoms with Gasteiger partial charge in [-0.1, -0.05) is 0 Å². The van der Waals surface area contributed by atoms with Crippen LogP contribution >= 0.6 is 0 Å². The molecule has 0 spiro atoms. The van der Waals surface area contributed by atoms with Gasteiger partial charge in [0.25, 0.3) is 0 Å². The maximum absolute atomic E-state index is 11.7. The number of aliphatic hydroxyl groups excluding tert-OH is 7. The zero-order valence-corrected chi connectivity index (χ0v) is 15.6. The Labute approximate surface area is 161 Å². The second kappa shape index (κ2) is 9.71. The first kappa shape index (κ1) is 23.3. The van der Waals surface area contributed by atoms with Crippen LogP contribution in [0.15, 0.2) is 0 Å². The molecule has 7 N–H and O–H groups in total. The van der Waals surface area contributed by atoms with Gasteiger partial charge in [0.2, 0.25) is 5.91 Å². The number of carbonyl (C=O) groups excluding carboxylic acids is 1. The Bertz CT molecular complexity index is 519. The predicted octanol–water partition coefficient (Wildman–Crippen LogP) is -4.52. The summed E-state index contributed by atoms with van der Waals surface area (Å²) < 4.78 is 16.2. The average molecular weight is 411 g/mol. The molecule has 0 aromatic rings. The van der Waals surface area contributed by atoms with Crippen molar-refractivity contribution in [3.63, 3.8) is 0 Å². The van der Waals surface area contributed by atoms with Crippen molar-refractivity contribution in [1.29, 1.82) is 0 Å². The van der Waals surface area contributed by atoms with Crippen molar-refractivity contribution in [3.8, 4) is 0 Å². The van der Waals surface area contributed by atoms with E-state index in [0.29, 0.717) is 0 Å². The van der Waals surface area contributed by atoms with Crippen LogP contribution < -0.4 is 0 Å². The Balaban J connectivity index is 2.18. The van der Waals surface area contributed by atoms with Gasteiger partial charge in [-0.2, -0.15) is 0 Å². The smallest absolute Gasteiger partial charge is 0.221 e. The summed E-state index contributed by atoms with van der Waals surface area (Å²) in [7, 11) is 0. The lowest BCUT2D eigenvalue weighted by atomic mass is 9.96. The summed E-state index contributed by atoms with van der Waals surface area (Å²) >= 11 is 0. The van der Waals surface area contributed by atoms with E-state index in [-0.39, 0.29) is 6.54 Å². The van der Waals surface area contributed by atoms with Crippen molar-refractivity contribution in [2.75, 3.05) is 19.8 Å². The van der Waals surface area contributed by atoms with E-state index >= 15 is 0 Å². The molecular formula is C16H29NO11. The average Bonchev–Trinajstić information content (AvgIpc) is 2.67. The molecule has 0 saturated carbocycles. The highest BCUT2D eigenvalue weighted by Crippen LogP contribution is 2.30. The number of amides is 1. The molecular weight excluding hydrogens is 382 g/mol. The molecule has 12 heteroatoms. The normalized spacial score (nSPS) is 44.3. The number of hydrogen-bond acceptors (Lipinski definition) is 11. The maximum atomic E-state index is 11.7. The molecule has 10 atom stereocenters. The fraction of sp³-hybridized carbons (Fsp3) is 0.938. The lowest BCUT2D eigenvalue weighted by Crippen LogP contribution is -2.67. The minimum atomic E-state index is -1.73. The van der Waals surface area contributed by atoms with Gasteiger partial charge in [-0.3, -0.25) is 4.79 Å². The van der Waals surface area contributed by atoms with Gasteiger partial charge in [0, 0.05) is 13.5 Å². The molecule has 2 rings (SSSR count). The Hall–Kier alpha value is -0.930. The lowest BCUT2D eigenvalue weighted by Gasteiger charge is -2.48. The second-order valence-corrected chi connectivity index (χ2v) is 6.83. The number of ether oxygens (including phenoxy) is 3. The van der Waals surface area contributed by atoms with Crippen LogP contribution in [0.4, 0.5) is 0 Å². The SMILES string of the molecule is CCN(C(C)=O)C1OC(CO)C(OC2OC(CO)C(O)C(O)C2O)C(O)C1O. The third-order valence-electron chi connectivity index (χ3n) is 5.03. The molecule has 0 aromatic heterocycles. The Morgan fingerprint density at radius 3 is 2.00 bits per heavy atom. The van der Waals surface area contributed by atoms with Crippen LogP contribution in [-0.4, -0.2) is 128 Å². The number of nitrogens with zero attached hydrogens (tertiary/aromatic N) is 1. The molecule has 2 aliphatic heterocycles. The fourth-order valence-corrected chi connectivity index (χ4v) is 3.41. The highest BCUT2D eigenvalue weighted by molar-refractivity contribution is 5.73. The van der Waals surface area contributed by atoms with E-state index in [1.165, 1.54) is 11.8 Å². The molecule has 164 valence electrons. The summed E-state index contributed by atoms with van der Waals surface area (Å²) in [6, 6.07) is 0. The van der Waals surface area contributed by atoms with Gasteiger partial charge in [0.15, 0.2) is 12.5 Å². The highest BCUT2D eigenvalue weighted by Gasteiger charge is 2.51. The largest absolute Gasteiger partial charge is 0.394 e. The van der Waals surface area contributed by atoms with Crippen LogP contribution in [0.1, 0.15) is 13.8 Å². The molecule has 28 heavy (non-hydrogen) atoms. The van der Waals surface area contributed by atoms with E-state index in [4.69, 9.17) is 14.2 Å². The third-order valence-corrected chi connectivity index (χ3v) is 5.03. The van der Waals surface area contributed by atoms with E-state index in [9.17, 15) is 40.5 Å². The highest BCUT2D eigenvalue weighted by atomic mass is 16.7. The molecule has 2 aliphatic rings. The third kappa shape index (κ3) is 4.46. The molecule has 0 aromatic carbocycles. The zero-order chi connectivity index (χ0) is 21.2. The monoisotopic (exact) mass is 411 g/mol. The summed E-state index contributed by atoms with van der Waals surface area (Å²) in [6.07, 6.45) is -14.9. The zero-order valence-electron chi connectivity index (χ0n) is 15.6. The van der Waals surface area contributed by atoms with Crippen LogP contribution in [0.2, 0.25) is 0 Å². The molecule has 2 heterocycles. The van der Waals surface area contributed by atoms with Crippen molar-refractivity contribution in [1.82, 2.24) is 4.90 Å². The molecule has 2 fully saturated rings. The van der Waals surface area contributed by atoms with Gasteiger partial charge >= 0.3 is 0 Å². The summed E-state index contributed by atoms with van der Waals surface area (Å²) in [4.78, 5) is 12.9. The van der Waals surface area contributed by atoms with Crippen LogP contribution in [0.3, 0.4) is 0 Å². The molecule has 0 aliphatic carbocycles. The van der Waals surface area contributed by atoms with Gasteiger partial charge in [-0.05, 0) is 6.92 Å². The first-order valence-corrected chi connectivity index (χ1v) is 9.03. The number of carbonyl (C=O) groups is 1. The summed E-state index contributed by atoms with van der Waals surface area (Å²) in [5.74, 6) is -0.413. The quantitative estimate of drug-likeness (QED) is 0.223. The first-order valence-electron chi connectivity index (χ1n) is 9.03. The summed E-state index contributed by atoms with van der Waals surface area (Å²) in [6.45, 7) is 1.76. The van der Waals surface area contributed by atoms with Crippen LogP contribution in [0.5, 0.6) is 0 Å².